The zero-order valence-electron chi connectivity index (χ0n) is 8.19. The van der Waals surface area contributed by atoms with E-state index < -0.39 is 0 Å². The predicted octanol–water partition coefficient (Wildman–Crippen LogP) is 1.66. The zero-order chi connectivity index (χ0) is 9.84. The van der Waals surface area contributed by atoms with Crippen LogP contribution in [-0.2, 0) is 7.05 Å². The minimum absolute atomic E-state index is 0.000556. The first-order valence-electron chi connectivity index (χ1n) is 4.42. The van der Waals surface area contributed by atoms with Crippen LogP contribution in [-0.4, -0.2) is 8.97 Å². The van der Waals surface area contributed by atoms with Gasteiger partial charge in [0.1, 0.15) is 0 Å². The lowest BCUT2D eigenvalue weighted by Crippen LogP contribution is -2.16. The topological polar surface area (TPSA) is 26.4 Å². The molecule has 2 rings (SSSR count). The number of imidazole rings is 1. The molecule has 70 valence electrons. The van der Waals surface area contributed by atoms with E-state index in [-0.39, 0.29) is 5.69 Å². The molecular weight excluding hydrogens is 164 g/mol. The third kappa shape index (κ3) is 1.64. The first-order chi connectivity index (χ1) is 6.29. The summed E-state index contributed by atoms with van der Waals surface area (Å²) < 4.78 is 3.18. The van der Waals surface area contributed by atoms with Crippen LogP contribution in [0.25, 0.3) is 5.52 Å². The number of hydrogen-bond donors (Lipinski definition) is 0. The second-order valence-electron chi connectivity index (χ2n) is 2.52. The van der Waals surface area contributed by atoms with Crippen molar-refractivity contribution < 1.29 is 0 Å². The highest BCUT2D eigenvalue weighted by Gasteiger charge is 1.97. The normalized spacial score (nSPS) is 9.46. The summed E-state index contributed by atoms with van der Waals surface area (Å²) in [5.74, 6) is 0. The molecule has 0 saturated carbocycles. The van der Waals surface area contributed by atoms with Gasteiger partial charge in [0.05, 0.1) is 5.52 Å². The van der Waals surface area contributed by atoms with Crippen LogP contribution < -0.4 is 5.69 Å². The fraction of sp³-hybridized carbons (Fsp3) is 0.300. The molecular formula is C10H14N2O. The largest absolute Gasteiger partial charge is 0.332 e. The molecule has 0 aliphatic carbocycles. The number of fused-ring (bicyclic) bond motifs is 1. The maximum absolute atomic E-state index is 11.3. The molecule has 0 aliphatic heterocycles. The minimum atomic E-state index is 0.000556. The Kier molecular flexibility index (Phi) is 2.90. The maximum Gasteiger partial charge on any atom is 0.332 e. The zero-order valence-corrected chi connectivity index (χ0v) is 8.19. The van der Waals surface area contributed by atoms with Crippen LogP contribution in [0.2, 0.25) is 0 Å². The molecule has 0 saturated heterocycles. The number of pyridine rings is 1. The molecule has 3 heteroatoms. The van der Waals surface area contributed by atoms with Crippen molar-refractivity contribution >= 4 is 5.52 Å². The standard InChI is InChI=1S/C8H8N2O.C2H6/c1-9-6-7-4-2-3-5-10(7)8(9)11;1-2/h2-6H,1H3;1-2H3. The fourth-order valence-corrected chi connectivity index (χ4v) is 1.16. The Morgan fingerprint density at radius 1 is 1.23 bits per heavy atom. The Morgan fingerprint density at radius 2 is 1.92 bits per heavy atom. The third-order valence-electron chi connectivity index (χ3n) is 1.73. The van der Waals surface area contributed by atoms with E-state index in [1.54, 1.807) is 22.2 Å². The van der Waals surface area contributed by atoms with Crippen molar-refractivity contribution in [1.82, 2.24) is 8.97 Å². The van der Waals surface area contributed by atoms with Gasteiger partial charge in [0, 0.05) is 19.4 Å². The predicted molar refractivity (Wildman–Crippen MR) is 54.0 cm³/mol. The van der Waals surface area contributed by atoms with E-state index in [1.807, 2.05) is 38.2 Å². The molecule has 2 aromatic heterocycles. The van der Waals surface area contributed by atoms with E-state index in [1.165, 1.54) is 0 Å². The highest BCUT2D eigenvalue weighted by molar-refractivity contribution is 5.44. The molecule has 13 heavy (non-hydrogen) atoms. The van der Waals surface area contributed by atoms with Gasteiger partial charge in [-0.1, -0.05) is 19.9 Å². The highest BCUT2D eigenvalue weighted by Crippen LogP contribution is 1.97. The van der Waals surface area contributed by atoms with Crippen LogP contribution in [0.4, 0.5) is 0 Å². The molecule has 0 fully saturated rings. The molecule has 2 heterocycles. The van der Waals surface area contributed by atoms with Gasteiger partial charge in [-0.15, -0.1) is 0 Å². The molecule has 2 aromatic rings. The van der Waals surface area contributed by atoms with E-state index in [0.717, 1.165) is 5.52 Å². The van der Waals surface area contributed by atoms with E-state index in [2.05, 4.69) is 0 Å². The van der Waals surface area contributed by atoms with Gasteiger partial charge in [0.2, 0.25) is 0 Å². The van der Waals surface area contributed by atoms with Gasteiger partial charge in [-0.25, -0.2) is 4.79 Å². The van der Waals surface area contributed by atoms with Gasteiger partial charge in [-0.3, -0.25) is 4.40 Å². The SMILES string of the molecule is CC.Cn1cc2ccccn2c1=O. The van der Waals surface area contributed by atoms with Crippen molar-refractivity contribution in [1.29, 1.82) is 0 Å². The van der Waals surface area contributed by atoms with Crippen LogP contribution in [0.15, 0.2) is 35.4 Å². The Labute approximate surface area is 77.2 Å². The molecule has 0 radical (unpaired) electrons. The highest BCUT2D eigenvalue weighted by atomic mass is 16.1. The van der Waals surface area contributed by atoms with Crippen LogP contribution in [0.5, 0.6) is 0 Å². The first-order valence-corrected chi connectivity index (χ1v) is 4.42. The molecule has 0 N–H and O–H groups in total. The van der Waals surface area contributed by atoms with Gasteiger partial charge in [0.25, 0.3) is 0 Å². The van der Waals surface area contributed by atoms with Gasteiger partial charge in [0.15, 0.2) is 0 Å². The lowest BCUT2D eigenvalue weighted by atomic mass is 10.4. The van der Waals surface area contributed by atoms with Crippen LogP contribution >= 0.6 is 0 Å². The Hall–Kier alpha value is -1.51. The molecule has 3 nitrogen and oxygen atoms in total. The van der Waals surface area contributed by atoms with Crippen molar-refractivity contribution in [3.05, 3.63) is 41.1 Å². The number of aryl methyl sites for hydroxylation is 1. The van der Waals surface area contributed by atoms with Gasteiger partial charge >= 0.3 is 5.69 Å². The summed E-state index contributed by atoms with van der Waals surface area (Å²) in [6.45, 7) is 4.00. The molecule has 0 atom stereocenters. The second-order valence-corrected chi connectivity index (χ2v) is 2.52. The monoisotopic (exact) mass is 178 g/mol. The Bertz CT molecular complexity index is 439. The number of aromatic nitrogens is 2. The summed E-state index contributed by atoms with van der Waals surface area (Å²) >= 11 is 0. The van der Waals surface area contributed by atoms with Gasteiger partial charge < -0.3 is 4.57 Å². The van der Waals surface area contributed by atoms with Gasteiger partial charge in [-0.05, 0) is 12.1 Å². The van der Waals surface area contributed by atoms with Crippen LogP contribution in [0.1, 0.15) is 13.8 Å². The molecule has 0 amide bonds. The number of nitrogens with zero attached hydrogens (tertiary/aromatic N) is 2. The Balaban J connectivity index is 0.000000396. The molecule has 0 aliphatic rings. The number of rotatable bonds is 0. The quantitative estimate of drug-likeness (QED) is 0.602. The summed E-state index contributed by atoms with van der Waals surface area (Å²) in [5, 5.41) is 0. The van der Waals surface area contributed by atoms with Crippen LogP contribution in [0, 0.1) is 0 Å². The maximum atomic E-state index is 11.3. The summed E-state index contributed by atoms with van der Waals surface area (Å²) in [7, 11) is 1.75. The Morgan fingerprint density at radius 3 is 2.54 bits per heavy atom. The fourth-order valence-electron chi connectivity index (χ4n) is 1.16. The molecule has 0 unspecified atom stereocenters. The lowest BCUT2D eigenvalue weighted by molar-refractivity contribution is 0.839. The van der Waals surface area contributed by atoms with Crippen molar-refractivity contribution in [3.8, 4) is 0 Å². The van der Waals surface area contributed by atoms with Crippen molar-refractivity contribution in [2.45, 2.75) is 13.8 Å². The van der Waals surface area contributed by atoms with E-state index in [9.17, 15) is 4.79 Å². The average Bonchev–Trinajstić information content (AvgIpc) is 2.47. The number of hydrogen-bond acceptors (Lipinski definition) is 1. The van der Waals surface area contributed by atoms with Crippen molar-refractivity contribution in [2.75, 3.05) is 0 Å². The van der Waals surface area contributed by atoms with E-state index in [4.69, 9.17) is 0 Å². The lowest BCUT2D eigenvalue weighted by Gasteiger charge is -1.86. The van der Waals surface area contributed by atoms with E-state index in [0.29, 0.717) is 0 Å². The van der Waals surface area contributed by atoms with Crippen molar-refractivity contribution in [2.24, 2.45) is 7.05 Å². The smallest absolute Gasteiger partial charge is 0.301 e. The molecule has 0 spiro atoms. The first kappa shape index (κ1) is 9.58. The summed E-state index contributed by atoms with van der Waals surface area (Å²) in [5.41, 5.74) is 0.931. The third-order valence-corrected chi connectivity index (χ3v) is 1.73. The molecule has 0 bridgehead atoms. The summed E-state index contributed by atoms with van der Waals surface area (Å²) in [6, 6.07) is 5.66. The minimum Gasteiger partial charge on any atom is -0.301 e. The summed E-state index contributed by atoms with van der Waals surface area (Å²) in [4.78, 5) is 11.3. The molecule has 0 aromatic carbocycles. The average molecular weight is 178 g/mol. The summed E-state index contributed by atoms with van der Waals surface area (Å²) in [6.07, 6.45) is 3.57. The van der Waals surface area contributed by atoms with Crippen molar-refractivity contribution in [3.63, 3.8) is 0 Å². The van der Waals surface area contributed by atoms with E-state index >= 15 is 0 Å². The van der Waals surface area contributed by atoms with Crippen LogP contribution in [0.3, 0.4) is 0 Å². The second kappa shape index (κ2) is 3.94. The van der Waals surface area contributed by atoms with Gasteiger partial charge in [-0.2, -0.15) is 0 Å².